The number of benzene rings is 4. The number of amides is 4. The lowest BCUT2D eigenvalue weighted by molar-refractivity contribution is -0.121. The van der Waals surface area contributed by atoms with Crippen LogP contribution in [0.15, 0.2) is 124 Å². The van der Waals surface area contributed by atoms with E-state index in [1.54, 1.807) is 54.6 Å². The molecule has 1 atom stereocenters. The zero-order chi connectivity index (χ0) is 26.3. The van der Waals surface area contributed by atoms with E-state index in [9.17, 15) is 14.4 Å². The van der Waals surface area contributed by atoms with Gasteiger partial charge in [0, 0.05) is 22.7 Å². The van der Waals surface area contributed by atoms with Crippen LogP contribution in [0.1, 0.15) is 6.42 Å². The van der Waals surface area contributed by atoms with E-state index in [1.165, 1.54) is 16.7 Å². The van der Waals surface area contributed by atoms with Gasteiger partial charge in [-0.25, -0.2) is 9.69 Å². The molecule has 1 saturated heterocycles. The molecule has 8 nitrogen and oxygen atoms in total. The van der Waals surface area contributed by atoms with Gasteiger partial charge in [-0.05, 0) is 66.7 Å². The Morgan fingerprint density at radius 1 is 0.737 bits per heavy atom. The largest absolute Gasteiger partial charge is 0.323 e. The van der Waals surface area contributed by atoms with Gasteiger partial charge in [0.25, 0.3) is 0 Å². The number of rotatable bonds is 7. The summed E-state index contributed by atoms with van der Waals surface area (Å²) in [5.41, 5.74) is 3.10. The SMILES string of the molecule is O=C(Nc1ccccc1)Nc1cccc(SC2CC(=O)N(c3ccc(N=Nc4ccccc4)cc3)C2=O)c1. The van der Waals surface area contributed by atoms with E-state index >= 15 is 0 Å². The predicted molar refractivity (Wildman–Crippen MR) is 149 cm³/mol. The van der Waals surface area contributed by atoms with Gasteiger partial charge in [-0.1, -0.05) is 42.5 Å². The van der Waals surface area contributed by atoms with Crippen LogP contribution in [0.5, 0.6) is 0 Å². The molecule has 4 aromatic carbocycles. The first-order chi connectivity index (χ1) is 18.5. The number of thioether (sulfide) groups is 1. The van der Waals surface area contributed by atoms with E-state index < -0.39 is 5.25 Å². The van der Waals surface area contributed by atoms with Crippen molar-refractivity contribution in [2.75, 3.05) is 15.5 Å². The molecule has 1 fully saturated rings. The topological polar surface area (TPSA) is 103 Å². The molecule has 1 aliphatic heterocycles. The van der Waals surface area contributed by atoms with Crippen LogP contribution in [0.25, 0.3) is 0 Å². The van der Waals surface area contributed by atoms with Crippen LogP contribution in [-0.4, -0.2) is 23.1 Å². The second-order valence-corrected chi connectivity index (χ2v) is 9.68. The van der Waals surface area contributed by atoms with E-state index in [0.717, 1.165) is 10.6 Å². The Kier molecular flexibility index (Phi) is 7.56. The summed E-state index contributed by atoms with van der Waals surface area (Å²) < 4.78 is 0. The molecule has 5 rings (SSSR count). The van der Waals surface area contributed by atoms with Crippen molar-refractivity contribution < 1.29 is 14.4 Å². The first kappa shape index (κ1) is 24.9. The van der Waals surface area contributed by atoms with Crippen molar-refractivity contribution in [2.45, 2.75) is 16.6 Å². The van der Waals surface area contributed by atoms with Gasteiger partial charge < -0.3 is 10.6 Å². The van der Waals surface area contributed by atoms with Crippen molar-refractivity contribution >= 4 is 58.0 Å². The van der Waals surface area contributed by atoms with Gasteiger partial charge >= 0.3 is 6.03 Å². The average molecular weight is 522 g/mol. The summed E-state index contributed by atoms with van der Waals surface area (Å²) in [5.74, 6) is -0.540. The molecule has 1 aliphatic rings. The van der Waals surface area contributed by atoms with Gasteiger partial charge in [-0.3, -0.25) is 9.59 Å². The van der Waals surface area contributed by atoms with Gasteiger partial charge in [0.1, 0.15) is 0 Å². The van der Waals surface area contributed by atoms with Gasteiger partial charge in [-0.15, -0.1) is 11.8 Å². The summed E-state index contributed by atoms with van der Waals surface area (Å²) in [4.78, 5) is 40.2. The van der Waals surface area contributed by atoms with Crippen LogP contribution in [0.2, 0.25) is 0 Å². The van der Waals surface area contributed by atoms with Crippen LogP contribution in [0, 0.1) is 0 Å². The number of hydrogen-bond donors (Lipinski definition) is 2. The predicted octanol–water partition coefficient (Wildman–Crippen LogP) is 7.17. The van der Waals surface area contributed by atoms with Gasteiger partial charge in [0.2, 0.25) is 11.8 Å². The second kappa shape index (κ2) is 11.5. The van der Waals surface area contributed by atoms with Gasteiger partial charge in [0.15, 0.2) is 0 Å². The molecule has 0 aliphatic carbocycles. The summed E-state index contributed by atoms with van der Waals surface area (Å²) in [7, 11) is 0. The molecule has 9 heteroatoms. The fourth-order valence-electron chi connectivity index (χ4n) is 3.87. The number of para-hydroxylation sites is 1. The Morgan fingerprint density at radius 3 is 2.05 bits per heavy atom. The van der Waals surface area contributed by atoms with Gasteiger partial charge in [0.05, 0.1) is 22.3 Å². The smallest absolute Gasteiger partial charge is 0.308 e. The summed E-state index contributed by atoms with van der Waals surface area (Å²) in [6.07, 6.45) is 0.0884. The summed E-state index contributed by atoms with van der Waals surface area (Å²) >= 11 is 1.30. The van der Waals surface area contributed by atoms with E-state index in [0.29, 0.717) is 22.7 Å². The lowest BCUT2D eigenvalue weighted by Gasteiger charge is -2.15. The second-order valence-electron chi connectivity index (χ2n) is 8.40. The number of carbonyl (C=O) groups excluding carboxylic acids is 3. The van der Waals surface area contributed by atoms with Crippen molar-refractivity contribution in [3.63, 3.8) is 0 Å². The molecule has 4 aromatic rings. The third-order valence-electron chi connectivity index (χ3n) is 5.65. The number of azo groups is 1. The Hall–Kier alpha value is -4.76. The fraction of sp³-hybridized carbons (Fsp3) is 0.0690. The maximum atomic E-state index is 13.1. The minimum Gasteiger partial charge on any atom is -0.308 e. The molecule has 0 bridgehead atoms. The van der Waals surface area contributed by atoms with Crippen molar-refractivity contribution in [3.8, 4) is 0 Å². The first-order valence-electron chi connectivity index (χ1n) is 11.9. The molecule has 0 radical (unpaired) electrons. The molecule has 1 heterocycles. The molecular formula is C29H23N5O3S. The number of nitrogens with zero attached hydrogens (tertiary/aromatic N) is 3. The Labute approximate surface area is 223 Å². The molecule has 2 N–H and O–H groups in total. The van der Waals surface area contributed by atoms with E-state index in [2.05, 4.69) is 20.9 Å². The minimum atomic E-state index is -0.562. The summed E-state index contributed by atoms with van der Waals surface area (Å²) in [6.45, 7) is 0. The number of imide groups is 1. The summed E-state index contributed by atoms with van der Waals surface area (Å²) in [5, 5.41) is 13.4. The lowest BCUT2D eigenvalue weighted by atomic mass is 10.2. The number of nitrogens with one attached hydrogen (secondary N) is 2. The molecule has 0 aromatic heterocycles. The monoisotopic (exact) mass is 521 g/mol. The fourth-order valence-corrected chi connectivity index (χ4v) is 4.99. The molecule has 0 saturated carbocycles. The maximum Gasteiger partial charge on any atom is 0.323 e. The third kappa shape index (κ3) is 6.13. The van der Waals surface area contributed by atoms with Crippen molar-refractivity contribution in [1.29, 1.82) is 0 Å². The van der Waals surface area contributed by atoms with Crippen LogP contribution >= 0.6 is 11.8 Å². The maximum absolute atomic E-state index is 13.1. The highest BCUT2D eigenvalue weighted by Gasteiger charge is 2.40. The first-order valence-corrected chi connectivity index (χ1v) is 12.8. The molecule has 0 spiro atoms. The third-order valence-corrected chi connectivity index (χ3v) is 6.83. The quantitative estimate of drug-likeness (QED) is 0.199. The number of anilines is 3. The van der Waals surface area contributed by atoms with E-state index in [-0.39, 0.29) is 24.3 Å². The Balaban J connectivity index is 1.21. The van der Waals surface area contributed by atoms with Crippen LogP contribution in [0.3, 0.4) is 0 Å². The van der Waals surface area contributed by atoms with Crippen molar-refractivity contribution in [3.05, 3.63) is 109 Å². The number of urea groups is 1. The zero-order valence-corrected chi connectivity index (χ0v) is 21.0. The minimum absolute atomic E-state index is 0.0884. The summed E-state index contributed by atoms with van der Waals surface area (Å²) in [6, 6.07) is 32.1. The lowest BCUT2D eigenvalue weighted by Crippen LogP contribution is -2.31. The Morgan fingerprint density at radius 2 is 1.34 bits per heavy atom. The van der Waals surface area contributed by atoms with Crippen LogP contribution in [-0.2, 0) is 9.59 Å². The highest BCUT2D eigenvalue weighted by Crippen LogP contribution is 2.35. The average Bonchev–Trinajstić information content (AvgIpc) is 3.21. The van der Waals surface area contributed by atoms with Crippen molar-refractivity contribution in [1.82, 2.24) is 0 Å². The molecular weight excluding hydrogens is 498 g/mol. The van der Waals surface area contributed by atoms with Crippen molar-refractivity contribution in [2.24, 2.45) is 10.2 Å². The van der Waals surface area contributed by atoms with Crippen LogP contribution < -0.4 is 15.5 Å². The molecule has 38 heavy (non-hydrogen) atoms. The zero-order valence-electron chi connectivity index (χ0n) is 20.2. The standard InChI is InChI=1S/C29H23N5O3S/c35-27-19-26(38-25-13-7-12-23(18-25)31-29(37)30-20-8-3-1-4-9-20)28(36)34(27)24-16-14-22(15-17-24)33-32-21-10-5-2-6-11-21/h1-18,26H,19H2,(H2,30,31,37). The normalized spacial score (nSPS) is 15.2. The molecule has 188 valence electrons. The van der Waals surface area contributed by atoms with E-state index in [1.807, 2.05) is 54.6 Å². The van der Waals surface area contributed by atoms with Crippen LogP contribution in [0.4, 0.5) is 33.2 Å². The highest BCUT2D eigenvalue weighted by atomic mass is 32.2. The number of hydrogen-bond acceptors (Lipinski definition) is 6. The highest BCUT2D eigenvalue weighted by molar-refractivity contribution is 8.00. The number of carbonyl (C=O) groups is 3. The Bertz CT molecular complexity index is 1480. The molecule has 1 unspecified atom stereocenters. The molecule has 4 amide bonds. The van der Waals surface area contributed by atoms with E-state index in [4.69, 9.17) is 0 Å². The van der Waals surface area contributed by atoms with Gasteiger partial charge in [-0.2, -0.15) is 10.2 Å².